The molecule has 7 N–H and O–H groups in total. The molecule has 0 fully saturated rings. The molecule has 0 aliphatic carbocycles. The van der Waals surface area contributed by atoms with E-state index in [1.54, 1.807) is 0 Å². The molecular weight excluding hydrogens is 364 g/mol. The topological polar surface area (TPSA) is 171 Å². The number of hydrogen-bond acceptors (Lipinski definition) is 7. The molecule has 150 valence electrons. The van der Waals surface area contributed by atoms with Gasteiger partial charge >= 0.3 is 5.97 Å². The second-order valence-corrected chi connectivity index (χ2v) is 6.66. The lowest BCUT2D eigenvalue weighted by molar-refractivity contribution is -0.142. The van der Waals surface area contributed by atoms with E-state index in [1.807, 2.05) is 13.8 Å². The molecule has 0 spiro atoms. The van der Waals surface area contributed by atoms with Crippen LogP contribution in [-0.2, 0) is 19.2 Å². The molecule has 0 heterocycles. The summed E-state index contributed by atoms with van der Waals surface area (Å²) in [6, 6.07) is -4.40. The molecule has 0 aromatic heterocycles. The minimum atomic E-state index is -1.35. The second kappa shape index (κ2) is 11.7. The normalized spacial score (nSPS) is 15.5. The fourth-order valence-electron chi connectivity index (χ4n) is 1.91. The Balaban J connectivity index is 5.04. The van der Waals surface area contributed by atoms with Crippen LogP contribution in [-0.4, -0.2) is 70.4 Å². The molecule has 26 heavy (non-hydrogen) atoms. The van der Waals surface area contributed by atoms with Gasteiger partial charge < -0.3 is 31.9 Å². The number of hydrogen-bond donors (Lipinski definition) is 7. The van der Waals surface area contributed by atoms with E-state index in [2.05, 4.69) is 28.6 Å². The van der Waals surface area contributed by atoms with Crippen molar-refractivity contribution >= 4 is 36.3 Å². The average molecular weight is 392 g/mol. The van der Waals surface area contributed by atoms with E-state index in [0.717, 1.165) is 0 Å². The van der Waals surface area contributed by atoms with Gasteiger partial charge in [0.2, 0.25) is 17.7 Å². The third-order valence-electron chi connectivity index (χ3n) is 3.42. The summed E-state index contributed by atoms with van der Waals surface area (Å²) in [5.41, 5.74) is 5.57. The third kappa shape index (κ3) is 8.50. The van der Waals surface area contributed by atoms with E-state index in [4.69, 9.17) is 10.8 Å². The summed E-state index contributed by atoms with van der Waals surface area (Å²) in [6.45, 7) is 4.20. The number of nitrogens with one attached hydrogen (secondary N) is 3. The Morgan fingerprint density at radius 3 is 1.88 bits per heavy atom. The van der Waals surface area contributed by atoms with Gasteiger partial charge in [-0.05, 0) is 19.3 Å². The van der Waals surface area contributed by atoms with E-state index in [0.29, 0.717) is 0 Å². The molecule has 0 aromatic rings. The summed E-state index contributed by atoms with van der Waals surface area (Å²) < 4.78 is 0. The Morgan fingerprint density at radius 2 is 1.46 bits per heavy atom. The molecule has 0 bridgehead atoms. The second-order valence-electron chi connectivity index (χ2n) is 6.29. The molecule has 11 heteroatoms. The van der Waals surface area contributed by atoms with Crippen LogP contribution in [0.15, 0.2) is 0 Å². The van der Waals surface area contributed by atoms with Gasteiger partial charge in [0.25, 0.3) is 0 Å². The first kappa shape index (κ1) is 24.1. The molecule has 0 saturated carbocycles. The molecule has 0 rings (SSSR count). The number of carboxylic acids is 1. The Kier molecular flexibility index (Phi) is 10.9. The molecule has 3 amide bonds. The molecule has 10 nitrogen and oxygen atoms in total. The summed E-state index contributed by atoms with van der Waals surface area (Å²) in [7, 11) is 0. The predicted octanol–water partition coefficient (Wildman–Crippen LogP) is -2.16. The zero-order valence-electron chi connectivity index (χ0n) is 15.1. The Labute approximate surface area is 157 Å². The van der Waals surface area contributed by atoms with Gasteiger partial charge in [0, 0.05) is 5.75 Å². The van der Waals surface area contributed by atoms with Crippen LogP contribution in [0.25, 0.3) is 0 Å². The SMILES string of the molecule is CC(C)CC(NC(=O)C(N)CS)C(=O)NC(CO)C(=O)NC(C)C(=O)O. The van der Waals surface area contributed by atoms with Crippen molar-refractivity contribution in [2.24, 2.45) is 11.7 Å². The summed E-state index contributed by atoms with van der Waals surface area (Å²) >= 11 is 3.92. The number of rotatable bonds is 11. The molecule has 4 unspecified atom stereocenters. The number of nitrogens with two attached hydrogens (primary N) is 1. The van der Waals surface area contributed by atoms with Crippen LogP contribution in [0.3, 0.4) is 0 Å². The maximum Gasteiger partial charge on any atom is 0.325 e. The van der Waals surface area contributed by atoms with Gasteiger partial charge in [0.05, 0.1) is 12.6 Å². The van der Waals surface area contributed by atoms with Crippen LogP contribution < -0.4 is 21.7 Å². The van der Waals surface area contributed by atoms with Crippen LogP contribution in [0, 0.1) is 5.92 Å². The molecule has 0 saturated heterocycles. The number of carbonyl (C=O) groups excluding carboxylic acids is 3. The maximum absolute atomic E-state index is 12.4. The largest absolute Gasteiger partial charge is 0.480 e. The lowest BCUT2D eigenvalue weighted by atomic mass is 10.0. The smallest absolute Gasteiger partial charge is 0.325 e. The number of aliphatic hydroxyl groups excluding tert-OH is 1. The van der Waals surface area contributed by atoms with Gasteiger partial charge in [0.15, 0.2) is 0 Å². The lowest BCUT2D eigenvalue weighted by Crippen LogP contribution is -2.58. The highest BCUT2D eigenvalue weighted by atomic mass is 32.1. The van der Waals surface area contributed by atoms with E-state index in [9.17, 15) is 24.3 Å². The monoisotopic (exact) mass is 392 g/mol. The Bertz CT molecular complexity index is 516. The third-order valence-corrected chi connectivity index (χ3v) is 3.81. The van der Waals surface area contributed by atoms with Gasteiger partial charge in [0.1, 0.15) is 18.1 Å². The number of thiol groups is 1. The summed E-state index contributed by atoms with van der Waals surface area (Å²) in [6.07, 6.45) is 0.280. The zero-order chi connectivity index (χ0) is 20.4. The van der Waals surface area contributed by atoms with Crippen molar-refractivity contribution in [3.8, 4) is 0 Å². The van der Waals surface area contributed by atoms with Crippen molar-refractivity contribution in [3.05, 3.63) is 0 Å². The van der Waals surface area contributed by atoms with Crippen molar-refractivity contribution in [1.82, 2.24) is 16.0 Å². The number of carboxylic acid groups (broad SMARTS) is 1. The first-order valence-electron chi connectivity index (χ1n) is 8.14. The minimum absolute atomic E-state index is 0.0479. The highest BCUT2D eigenvalue weighted by molar-refractivity contribution is 7.80. The van der Waals surface area contributed by atoms with Gasteiger partial charge in [-0.25, -0.2) is 0 Å². The quantitative estimate of drug-likeness (QED) is 0.196. The Morgan fingerprint density at radius 1 is 0.962 bits per heavy atom. The van der Waals surface area contributed by atoms with Gasteiger partial charge in [-0.1, -0.05) is 13.8 Å². The van der Waals surface area contributed by atoms with Crippen LogP contribution in [0.2, 0.25) is 0 Å². The highest BCUT2D eigenvalue weighted by Gasteiger charge is 2.29. The highest BCUT2D eigenvalue weighted by Crippen LogP contribution is 2.06. The summed E-state index contributed by atoms with van der Waals surface area (Å²) in [5, 5.41) is 25.1. The van der Waals surface area contributed by atoms with E-state index < -0.39 is 54.5 Å². The van der Waals surface area contributed by atoms with Crippen molar-refractivity contribution in [2.45, 2.75) is 51.4 Å². The molecular formula is C15H28N4O6S. The fourth-order valence-corrected chi connectivity index (χ4v) is 2.07. The average Bonchev–Trinajstić information content (AvgIpc) is 2.56. The van der Waals surface area contributed by atoms with Crippen LogP contribution in [0.5, 0.6) is 0 Å². The first-order valence-corrected chi connectivity index (χ1v) is 8.77. The number of carbonyl (C=O) groups is 4. The van der Waals surface area contributed by atoms with E-state index in [1.165, 1.54) is 6.92 Å². The first-order chi connectivity index (χ1) is 12.0. The fraction of sp³-hybridized carbons (Fsp3) is 0.733. The Hall–Kier alpha value is -1.85. The van der Waals surface area contributed by atoms with Crippen molar-refractivity contribution in [3.63, 3.8) is 0 Å². The zero-order valence-corrected chi connectivity index (χ0v) is 16.0. The van der Waals surface area contributed by atoms with Crippen LogP contribution >= 0.6 is 12.6 Å². The number of aliphatic hydroxyl groups is 1. The molecule has 0 aromatic carbocycles. The molecule has 0 radical (unpaired) electrons. The van der Waals surface area contributed by atoms with Crippen molar-refractivity contribution in [1.29, 1.82) is 0 Å². The van der Waals surface area contributed by atoms with Crippen LogP contribution in [0.4, 0.5) is 0 Å². The lowest BCUT2D eigenvalue weighted by Gasteiger charge is -2.24. The van der Waals surface area contributed by atoms with Crippen LogP contribution in [0.1, 0.15) is 27.2 Å². The van der Waals surface area contributed by atoms with Crippen molar-refractivity contribution in [2.75, 3.05) is 12.4 Å². The van der Waals surface area contributed by atoms with Gasteiger partial charge in [-0.2, -0.15) is 12.6 Å². The van der Waals surface area contributed by atoms with Crippen molar-refractivity contribution < 1.29 is 29.4 Å². The number of aliphatic carboxylic acids is 1. The minimum Gasteiger partial charge on any atom is -0.480 e. The predicted molar refractivity (Wildman–Crippen MR) is 97.5 cm³/mol. The van der Waals surface area contributed by atoms with Gasteiger partial charge in [-0.3, -0.25) is 19.2 Å². The van der Waals surface area contributed by atoms with Gasteiger partial charge in [-0.15, -0.1) is 0 Å². The molecule has 0 aliphatic rings. The molecule has 0 aliphatic heterocycles. The maximum atomic E-state index is 12.4. The van der Waals surface area contributed by atoms with E-state index in [-0.39, 0.29) is 18.1 Å². The standard InChI is InChI=1S/C15H28N4O6S/c1-7(2)4-10(18-12(21)9(16)6-26)13(22)19-11(5-20)14(23)17-8(3)15(24)25/h7-11,20,26H,4-6,16H2,1-3H3,(H,17,23)(H,18,21)(H,19,22)(H,24,25). The summed E-state index contributed by atoms with van der Waals surface area (Å²) in [5.74, 6) is -3.21. The number of amides is 3. The van der Waals surface area contributed by atoms with E-state index >= 15 is 0 Å². The summed E-state index contributed by atoms with van der Waals surface area (Å²) in [4.78, 5) is 47.1. The molecule has 4 atom stereocenters.